The van der Waals surface area contributed by atoms with E-state index in [4.69, 9.17) is 14.5 Å². The molecule has 0 saturated carbocycles. The third-order valence-electron chi connectivity index (χ3n) is 6.07. The van der Waals surface area contributed by atoms with Gasteiger partial charge in [-0.15, -0.1) is 0 Å². The number of para-hydroxylation sites is 1. The molecule has 1 aromatic heterocycles. The third kappa shape index (κ3) is 4.77. The second kappa shape index (κ2) is 9.92. The Bertz CT molecular complexity index is 1490. The summed E-state index contributed by atoms with van der Waals surface area (Å²) >= 11 is 0. The monoisotopic (exact) mass is 480 g/mol. The van der Waals surface area contributed by atoms with Crippen molar-refractivity contribution in [3.8, 4) is 11.5 Å². The van der Waals surface area contributed by atoms with Gasteiger partial charge in [-0.2, -0.15) is 0 Å². The number of aromatic nitrogens is 1. The van der Waals surface area contributed by atoms with Crippen molar-refractivity contribution in [2.24, 2.45) is 0 Å². The zero-order valence-electron chi connectivity index (χ0n) is 19.7. The number of nitrogens with zero attached hydrogens (tertiary/aromatic N) is 1. The number of hydrogen-bond acceptors (Lipinski definition) is 6. The Kier molecular flexibility index (Phi) is 6.36. The molecule has 1 heterocycles. The molecular formula is C29H24N2O5. The Labute approximate surface area is 208 Å². The van der Waals surface area contributed by atoms with E-state index in [0.717, 1.165) is 28.8 Å². The van der Waals surface area contributed by atoms with Crippen molar-refractivity contribution in [1.82, 2.24) is 4.98 Å². The number of allylic oxidation sites excluding steroid dienone is 1. The average molecular weight is 481 g/mol. The first-order valence-electron chi connectivity index (χ1n) is 11.5. The van der Waals surface area contributed by atoms with Crippen LogP contribution in [0.1, 0.15) is 33.6 Å². The maximum atomic E-state index is 13.3. The first-order chi connectivity index (χ1) is 17.5. The molecule has 1 aliphatic rings. The van der Waals surface area contributed by atoms with Crippen LogP contribution in [0.3, 0.4) is 0 Å². The molecule has 36 heavy (non-hydrogen) atoms. The van der Waals surface area contributed by atoms with Gasteiger partial charge in [0.1, 0.15) is 11.5 Å². The highest BCUT2D eigenvalue weighted by molar-refractivity contribution is 6.08. The molecule has 7 nitrogen and oxygen atoms in total. The van der Waals surface area contributed by atoms with Gasteiger partial charge in [-0.05, 0) is 65.9 Å². The number of amides is 1. The molecule has 0 atom stereocenters. The van der Waals surface area contributed by atoms with Gasteiger partial charge < -0.3 is 19.9 Å². The summed E-state index contributed by atoms with van der Waals surface area (Å²) in [6, 6.07) is 21.3. The van der Waals surface area contributed by atoms with E-state index in [0.29, 0.717) is 34.3 Å². The fourth-order valence-electron chi connectivity index (χ4n) is 4.39. The Morgan fingerprint density at radius 3 is 2.64 bits per heavy atom. The number of nitrogens with one attached hydrogen (secondary N) is 1. The van der Waals surface area contributed by atoms with Crippen LogP contribution in [0.5, 0.6) is 11.5 Å². The van der Waals surface area contributed by atoms with Crippen LogP contribution in [-0.2, 0) is 16.0 Å². The van der Waals surface area contributed by atoms with Gasteiger partial charge in [-0.1, -0.05) is 36.4 Å². The minimum atomic E-state index is -0.559. The summed E-state index contributed by atoms with van der Waals surface area (Å²) in [5, 5.41) is 13.0. The molecule has 0 bridgehead atoms. The van der Waals surface area contributed by atoms with E-state index in [1.165, 1.54) is 0 Å². The highest BCUT2D eigenvalue weighted by Crippen LogP contribution is 2.38. The van der Waals surface area contributed by atoms with E-state index in [9.17, 15) is 14.7 Å². The van der Waals surface area contributed by atoms with Crippen molar-refractivity contribution in [2.75, 3.05) is 19.0 Å². The Balaban J connectivity index is 1.41. The molecule has 1 amide bonds. The summed E-state index contributed by atoms with van der Waals surface area (Å²) in [4.78, 5) is 30.6. The number of hydrogen-bond donors (Lipinski definition) is 2. The van der Waals surface area contributed by atoms with E-state index in [1.807, 2.05) is 42.5 Å². The van der Waals surface area contributed by atoms with Crippen molar-refractivity contribution in [2.45, 2.75) is 12.8 Å². The zero-order valence-corrected chi connectivity index (χ0v) is 19.7. The second-order valence-corrected chi connectivity index (χ2v) is 8.45. The molecule has 0 aliphatic heterocycles. The number of rotatable bonds is 6. The fraction of sp³-hybridized carbons (Fsp3) is 0.138. The summed E-state index contributed by atoms with van der Waals surface area (Å²) in [5.41, 5.74) is 5.19. The number of anilines is 1. The van der Waals surface area contributed by atoms with Gasteiger partial charge in [0.05, 0.1) is 23.9 Å². The van der Waals surface area contributed by atoms with Crippen LogP contribution in [0, 0.1) is 0 Å². The summed E-state index contributed by atoms with van der Waals surface area (Å²) < 4.78 is 10.6. The van der Waals surface area contributed by atoms with Gasteiger partial charge in [-0.3, -0.25) is 4.79 Å². The molecule has 0 unspecified atom stereocenters. The number of aromatic hydroxyl groups is 1. The van der Waals surface area contributed by atoms with Crippen molar-refractivity contribution in [1.29, 1.82) is 0 Å². The molecule has 180 valence electrons. The van der Waals surface area contributed by atoms with Gasteiger partial charge in [0.2, 0.25) is 0 Å². The second-order valence-electron chi connectivity index (χ2n) is 8.45. The molecule has 3 aromatic carbocycles. The maximum absolute atomic E-state index is 13.3. The first-order valence-corrected chi connectivity index (χ1v) is 11.5. The minimum Gasteiger partial charge on any atom is -0.508 e. The van der Waals surface area contributed by atoms with Crippen LogP contribution >= 0.6 is 0 Å². The minimum absolute atomic E-state index is 0.202. The normalized spacial score (nSPS) is 13.4. The fourth-order valence-corrected chi connectivity index (χ4v) is 4.39. The number of fused-ring (bicyclic) bond motifs is 2. The lowest BCUT2D eigenvalue weighted by Gasteiger charge is -2.13. The van der Waals surface area contributed by atoms with E-state index < -0.39 is 18.5 Å². The van der Waals surface area contributed by atoms with Gasteiger partial charge in [0.15, 0.2) is 6.61 Å². The van der Waals surface area contributed by atoms with E-state index in [-0.39, 0.29) is 5.75 Å². The van der Waals surface area contributed by atoms with Gasteiger partial charge in [0, 0.05) is 17.1 Å². The smallest absolute Gasteiger partial charge is 0.339 e. The highest BCUT2D eigenvalue weighted by Gasteiger charge is 2.28. The van der Waals surface area contributed by atoms with Crippen LogP contribution in [0.4, 0.5) is 5.69 Å². The lowest BCUT2D eigenvalue weighted by molar-refractivity contribution is -0.119. The third-order valence-corrected chi connectivity index (χ3v) is 6.07. The van der Waals surface area contributed by atoms with Crippen molar-refractivity contribution >= 4 is 40.1 Å². The Hall–Kier alpha value is -4.65. The predicted octanol–water partition coefficient (Wildman–Crippen LogP) is 5.23. The standard InChI is InChI=1S/C29H24N2O5/c1-35-22-6-4-5-20(16-22)30-26(33)17-36-29(34)27-23-7-2-3-8-25(23)31-28-19(11-14-24(27)28)15-18-9-12-21(32)13-10-18/h2-10,12-13,15-16,32H,11,14,17H2,1H3,(H,30,33)/b19-15+. The number of phenolic OH excluding ortho intramolecular Hbond substituents is 1. The molecule has 0 saturated heterocycles. The van der Waals surface area contributed by atoms with Crippen LogP contribution in [0.25, 0.3) is 22.6 Å². The van der Waals surface area contributed by atoms with E-state index >= 15 is 0 Å². The van der Waals surface area contributed by atoms with E-state index in [1.54, 1.807) is 43.5 Å². The molecular weight excluding hydrogens is 456 g/mol. The number of esters is 1. The van der Waals surface area contributed by atoms with Crippen molar-refractivity contribution in [3.63, 3.8) is 0 Å². The van der Waals surface area contributed by atoms with Crippen LogP contribution in [0.15, 0.2) is 72.8 Å². The topological polar surface area (TPSA) is 97.8 Å². The summed E-state index contributed by atoms with van der Waals surface area (Å²) in [5.74, 6) is -0.190. The molecule has 1 aliphatic carbocycles. The molecule has 4 aromatic rings. The Morgan fingerprint density at radius 2 is 1.83 bits per heavy atom. The summed E-state index contributed by atoms with van der Waals surface area (Å²) in [7, 11) is 1.55. The number of carbonyl (C=O) groups is 2. The van der Waals surface area contributed by atoms with Crippen LogP contribution in [-0.4, -0.2) is 35.7 Å². The number of ether oxygens (including phenoxy) is 2. The lowest BCUT2D eigenvalue weighted by Crippen LogP contribution is -2.21. The number of pyridine rings is 1. The average Bonchev–Trinajstić information content (AvgIpc) is 3.29. The van der Waals surface area contributed by atoms with Crippen molar-refractivity contribution in [3.05, 3.63) is 95.2 Å². The zero-order chi connectivity index (χ0) is 25.1. The Morgan fingerprint density at radius 1 is 1.03 bits per heavy atom. The van der Waals surface area contributed by atoms with Gasteiger partial charge in [-0.25, -0.2) is 9.78 Å². The van der Waals surface area contributed by atoms with E-state index in [2.05, 4.69) is 5.32 Å². The summed E-state index contributed by atoms with van der Waals surface area (Å²) in [6.07, 6.45) is 3.37. The molecule has 0 radical (unpaired) electrons. The number of phenols is 1. The van der Waals surface area contributed by atoms with Gasteiger partial charge >= 0.3 is 5.97 Å². The van der Waals surface area contributed by atoms with Gasteiger partial charge in [0.25, 0.3) is 5.91 Å². The quantitative estimate of drug-likeness (QED) is 0.367. The molecule has 0 spiro atoms. The van der Waals surface area contributed by atoms with Crippen molar-refractivity contribution < 1.29 is 24.2 Å². The van der Waals surface area contributed by atoms with Crippen LogP contribution in [0.2, 0.25) is 0 Å². The lowest BCUT2D eigenvalue weighted by atomic mass is 10.0. The molecule has 5 rings (SSSR count). The summed E-state index contributed by atoms with van der Waals surface area (Å²) in [6.45, 7) is -0.419. The largest absolute Gasteiger partial charge is 0.508 e. The predicted molar refractivity (Wildman–Crippen MR) is 138 cm³/mol. The molecule has 0 fully saturated rings. The number of benzene rings is 3. The molecule has 2 N–H and O–H groups in total. The maximum Gasteiger partial charge on any atom is 0.339 e. The van der Waals surface area contributed by atoms with Crippen LogP contribution < -0.4 is 10.1 Å². The number of carbonyl (C=O) groups excluding carboxylic acids is 2. The highest BCUT2D eigenvalue weighted by atomic mass is 16.5. The first kappa shape index (κ1) is 23.1. The molecule has 7 heteroatoms. The number of methoxy groups -OCH3 is 1. The SMILES string of the molecule is COc1cccc(NC(=O)COC(=O)c2c3c(nc4ccccc24)/C(=C/c2ccc(O)cc2)CC3)c1.